The molecule has 0 saturated heterocycles. The fraction of sp³-hybridized carbons (Fsp3) is 0.538. The van der Waals surface area contributed by atoms with Crippen LogP contribution in [0, 0.1) is 13.8 Å². The molecule has 0 aliphatic heterocycles. The van der Waals surface area contributed by atoms with Gasteiger partial charge in [0, 0.05) is 0 Å². The SMILES string of the molecule is Cc1ccc(CCC(O)CCN)cc1C. The molecule has 0 fully saturated rings. The Kier molecular flexibility index (Phi) is 4.79. The molecule has 0 aliphatic carbocycles. The lowest BCUT2D eigenvalue weighted by molar-refractivity contribution is 0.157. The first kappa shape index (κ1) is 12.2. The van der Waals surface area contributed by atoms with Crippen molar-refractivity contribution in [1.29, 1.82) is 0 Å². The van der Waals surface area contributed by atoms with E-state index in [9.17, 15) is 5.11 Å². The van der Waals surface area contributed by atoms with Crippen LogP contribution in [-0.2, 0) is 6.42 Å². The topological polar surface area (TPSA) is 46.2 Å². The second-order valence-electron chi connectivity index (χ2n) is 4.19. The first-order chi connectivity index (χ1) is 7.13. The lowest BCUT2D eigenvalue weighted by atomic mass is 10.0. The molecule has 1 rings (SSSR count). The van der Waals surface area contributed by atoms with Crippen LogP contribution in [-0.4, -0.2) is 17.8 Å². The summed E-state index contributed by atoms with van der Waals surface area (Å²) in [6.07, 6.45) is 2.18. The van der Waals surface area contributed by atoms with Crippen molar-refractivity contribution in [2.45, 2.75) is 39.2 Å². The zero-order valence-corrected chi connectivity index (χ0v) is 9.66. The lowest BCUT2D eigenvalue weighted by Gasteiger charge is -2.09. The highest BCUT2D eigenvalue weighted by molar-refractivity contribution is 5.29. The number of aryl methyl sites for hydroxylation is 3. The van der Waals surface area contributed by atoms with Gasteiger partial charge in [-0.1, -0.05) is 18.2 Å². The predicted octanol–water partition coefficient (Wildman–Crippen LogP) is 1.95. The molecule has 0 bridgehead atoms. The van der Waals surface area contributed by atoms with Crippen molar-refractivity contribution in [3.05, 3.63) is 34.9 Å². The van der Waals surface area contributed by atoms with E-state index in [0.717, 1.165) is 12.8 Å². The Morgan fingerprint density at radius 3 is 2.53 bits per heavy atom. The van der Waals surface area contributed by atoms with Gasteiger partial charge in [0.1, 0.15) is 0 Å². The van der Waals surface area contributed by atoms with E-state index in [1.54, 1.807) is 0 Å². The Balaban J connectivity index is 2.47. The van der Waals surface area contributed by atoms with E-state index in [2.05, 4.69) is 32.0 Å². The van der Waals surface area contributed by atoms with Crippen molar-refractivity contribution < 1.29 is 5.11 Å². The van der Waals surface area contributed by atoms with Gasteiger partial charge in [-0.25, -0.2) is 0 Å². The minimum atomic E-state index is -0.253. The van der Waals surface area contributed by atoms with Gasteiger partial charge < -0.3 is 10.8 Å². The van der Waals surface area contributed by atoms with Crippen molar-refractivity contribution in [2.24, 2.45) is 5.73 Å². The zero-order chi connectivity index (χ0) is 11.3. The summed E-state index contributed by atoms with van der Waals surface area (Å²) in [5.41, 5.74) is 9.32. The Morgan fingerprint density at radius 1 is 1.20 bits per heavy atom. The molecule has 1 aromatic carbocycles. The fourth-order valence-electron chi connectivity index (χ4n) is 1.63. The first-order valence-electron chi connectivity index (χ1n) is 5.57. The molecule has 0 heterocycles. The van der Waals surface area contributed by atoms with Crippen LogP contribution < -0.4 is 5.73 Å². The maximum Gasteiger partial charge on any atom is 0.0555 e. The Labute approximate surface area is 92.1 Å². The molecule has 0 aromatic heterocycles. The minimum Gasteiger partial charge on any atom is -0.393 e. The molecule has 3 N–H and O–H groups in total. The van der Waals surface area contributed by atoms with Crippen LogP contribution in [0.15, 0.2) is 18.2 Å². The monoisotopic (exact) mass is 207 g/mol. The van der Waals surface area contributed by atoms with Gasteiger partial charge in [-0.2, -0.15) is 0 Å². The third-order valence-corrected chi connectivity index (χ3v) is 2.84. The third-order valence-electron chi connectivity index (χ3n) is 2.84. The smallest absolute Gasteiger partial charge is 0.0555 e. The second-order valence-corrected chi connectivity index (χ2v) is 4.19. The van der Waals surface area contributed by atoms with Crippen molar-refractivity contribution in [1.82, 2.24) is 0 Å². The van der Waals surface area contributed by atoms with E-state index in [-0.39, 0.29) is 6.10 Å². The van der Waals surface area contributed by atoms with E-state index >= 15 is 0 Å². The molecule has 2 heteroatoms. The summed E-state index contributed by atoms with van der Waals surface area (Å²) in [7, 11) is 0. The van der Waals surface area contributed by atoms with Gasteiger partial charge in [-0.3, -0.25) is 0 Å². The summed E-state index contributed by atoms with van der Waals surface area (Å²) >= 11 is 0. The van der Waals surface area contributed by atoms with Crippen molar-refractivity contribution in [2.75, 3.05) is 6.54 Å². The van der Waals surface area contributed by atoms with Gasteiger partial charge in [0.25, 0.3) is 0 Å². The maximum absolute atomic E-state index is 9.55. The molecule has 0 aliphatic rings. The maximum atomic E-state index is 9.55. The van der Waals surface area contributed by atoms with Gasteiger partial charge in [0.05, 0.1) is 6.10 Å². The minimum absolute atomic E-state index is 0.253. The van der Waals surface area contributed by atoms with Gasteiger partial charge in [0.15, 0.2) is 0 Å². The van der Waals surface area contributed by atoms with Gasteiger partial charge in [-0.05, 0) is 56.3 Å². The van der Waals surface area contributed by atoms with Crippen LogP contribution in [0.3, 0.4) is 0 Å². The molecular weight excluding hydrogens is 186 g/mol. The molecule has 0 radical (unpaired) electrons. The second kappa shape index (κ2) is 5.89. The molecule has 84 valence electrons. The van der Waals surface area contributed by atoms with Crippen LogP contribution in [0.5, 0.6) is 0 Å². The number of benzene rings is 1. The normalized spacial score (nSPS) is 12.8. The Morgan fingerprint density at radius 2 is 1.93 bits per heavy atom. The molecule has 0 amide bonds. The fourth-order valence-corrected chi connectivity index (χ4v) is 1.63. The number of nitrogens with two attached hydrogens (primary N) is 1. The molecule has 15 heavy (non-hydrogen) atoms. The molecule has 1 atom stereocenters. The van der Waals surface area contributed by atoms with E-state index < -0.39 is 0 Å². The van der Waals surface area contributed by atoms with Crippen LogP contribution in [0.2, 0.25) is 0 Å². The number of hydrogen-bond donors (Lipinski definition) is 2. The van der Waals surface area contributed by atoms with Crippen LogP contribution >= 0.6 is 0 Å². The summed E-state index contributed by atoms with van der Waals surface area (Å²) < 4.78 is 0. The van der Waals surface area contributed by atoms with Crippen molar-refractivity contribution >= 4 is 0 Å². The standard InChI is InChI=1S/C13H21NO/c1-10-3-4-12(9-11(10)2)5-6-13(15)7-8-14/h3-4,9,13,15H,5-8,14H2,1-2H3. The van der Waals surface area contributed by atoms with Gasteiger partial charge in [0.2, 0.25) is 0 Å². The number of rotatable bonds is 5. The zero-order valence-electron chi connectivity index (χ0n) is 9.66. The molecule has 2 nitrogen and oxygen atoms in total. The molecule has 1 unspecified atom stereocenters. The summed E-state index contributed by atoms with van der Waals surface area (Å²) in [5, 5.41) is 9.55. The van der Waals surface area contributed by atoms with Gasteiger partial charge >= 0.3 is 0 Å². The predicted molar refractivity (Wildman–Crippen MR) is 63.9 cm³/mol. The highest BCUT2D eigenvalue weighted by atomic mass is 16.3. The Bertz CT molecular complexity index is 309. The molecule has 0 saturated carbocycles. The highest BCUT2D eigenvalue weighted by Crippen LogP contribution is 2.12. The summed E-state index contributed by atoms with van der Waals surface area (Å²) in [5.74, 6) is 0. The van der Waals surface area contributed by atoms with E-state index in [1.807, 2.05) is 0 Å². The lowest BCUT2D eigenvalue weighted by Crippen LogP contribution is -2.14. The average Bonchev–Trinajstić information content (AvgIpc) is 2.20. The largest absolute Gasteiger partial charge is 0.393 e. The highest BCUT2D eigenvalue weighted by Gasteiger charge is 2.03. The summed E-state index contributed by atoms with van der Waals surface area (Å²) in [4.78, 5) is 0. The van der Waals surface area contributed by atoms with Crippen LogP contribution in [0.4, 0.5) is 0 Å². The van der Waals surface area contributed by atoms with Crippen LogP contribution in [0.25, 0.3) is 0 Å². The Hall–Kier alpha value is -0.860. The summed E-state index contributed by atoms with van der Waals surface area (Å²) in [6, 6.07) is 6.47. The molecule has 0 spiro atoms. The number of aliphatic hydroxyl groups is 1. The average molecular weight is 207 g/mol. The van der Waals surface area contributed by atoms with E-state index in [0.29, 0.717) is 13.0 Å². The summed E-state index contributed by atoms with van der Waals surface area (Å²) in [6.45, 7) is 4.80. The van der Waals surface area contributed by atoms with Crippen molar-refractivity contribution in [3.63, 3.8) is 0 Å². The quantitative estimate of drug-likeness (QED) is 0.775. The first-order valence-corrected chi connectivity index (χ1v) is 5.57. The van der Waals surface area contributed by atoms with Gasteiger partial charge in [-0.15, -0.1) is 0 Å². The van der Waals surface area contributed by atoms with Crippen LogP contribution in [0.1, 0.15) is 29.5 Å². The number of aliphatic hydroxyl groups excluding tert-OH is 1. The van der Waals surface area contributed by atoms with E-state index in [1.165, 1.54) is 16.7 Å². The van der Waals surface area contributed by atoms with Crippen molar-refractivity contribution in [3.8, 4) is 0 Å². The third kappa shape index (κ3) is 4.02. The molecule has 1 aromatic rings. The molecular formula is C13H21NO. The van der Waals surface area contributed by atoms with E-state index in [4.69, 9.17) is 5.73 Å². The number of hydrogen-bond acceptors (Lipinski definition) is 2.